The zero-order valence-corrected chi connectivity index (χ0v) is 13.1. The predicted molar refractivity (Wildman–Crippen MR) is 80.7 cm³/mol. The van der Waals surface area contributed by atoms with Gasteiger partial charge in [-0.1, -0.05) is 13.8 Å². The Morgan fingerprint density at radius 3 is 2.45 bits per heavy atom. The van der Waals surface area contributed by atoms with Crippen molar-refractivity contribution in [3.05, 3.63) is 18.2 Å². The van der Waals surface area contributed by atoms with Crippen LogP contribution in [0.4, 0.5) is 0 Å². The summed E-state index contributed by atoms with van der Waals surface area (Å²) in [7, 11) is 0. The largest absolute Gasteiger partial charge is 0.335 e. The highest BCUT2D eigenvalue weighted by Gasteiger charge is 2.41. The van der Waals surface area contributed by atoms with Crippen LogP contribution >= 0.6 is 0 Å². The van der Waals surface area contributed by atoms with Crippen LogP contribution < -0.4 is 0 Å². The van der Waals surface area contributed by atoms with E-state index in [0.29, 0.717) is 12.2 Å². The van der Waals surface area contributed by atoms with Crippen molar-refractivity contribution in [3.8, 4) is 0 Å². The Morgan fingerprint density at radius 2 is 1.90 bits per heavy atom. The van der Waals surface area contributed by atoms with Gasteiger partial charge in [-0.3, -0.25) is 9.69 Å². The van der Waals surface area contributed by atoms with Crippen LogP contribution in [0.2, 0.25) is 0 Å². The van der Waals surface area contributed by atoms with Gasteiger partial charge >= 0.3 is 0 Å². The van der Waals surface area contributed by atoms with E-state index >= 15 is 0 Å². The molecule has 0 N–H and O–H groups in total. The molecule has 2 rings (SSSR count). The van der Waals surface area contributed by atoms with Crippen LogP contribution in [0.1, 0.15) is 52.3 Å². The van der Waals surface area contributed by atoms with Crippen molar-refractivity contribution in [2.24, 2.45) is 0 Å². The Labute approximate surface area is 122 Å². The van der Waals surface area contributed by atoms with Gasteiger partial charge in [0.15, 0.2) is 5.78 Å². The van der Waals surface area contributed by atoms with Crippen LogP contribution in [-0.4, -0.2) is 38.9 Å². The maximum Gasteiger partial charge on any atom is 0.160 e. The quantitative estimate of drug-likeness (QED) is 0.769. The molecule has 4 nitrogen and oxygen atoms in total. The number of carbonyl (C=O) groups is 1. The fourth-order valence-electron chi connectivity index (χ4n) is 3.52. The number of Topliss-reactive ketones (excluding diaryl/α,β-unsaturated/α-hetero) is 1. The number of hydrogen-bond acceptors (Lipinski definition) is 3. The molecule has 0 aliphatic carbocycles. The Morgan fingerprint density at radius 1 is 1.25 bits per heavy atom. The summed E-state index contributed by atoms with van der Waals surface area (Å²) in [5.74, 6) is 1.24. The molecule has 1 aliphatic heterocycles. The minimum Gasteiger partial charge on any atom is -0.335 e. The monoisotopic (exact) mass is 277 g/mol. The predicted octanol–water partition coefficient (Wildman–Crippen LogP) is 2.67. The number of nitrogens with zero attached hydrogens (tertiary/aromatic N) is 3. The average molecular weight is 277 g/mol. The van der Waals surface area contributed by atoms with Gasteiger partial charge in [0.25, 0.3) is 0 Å². The SMILES string of the molecule is CCn1ccnc1CC(=O)C(CC)(CC)N1CCCC1. The van der Waals surface area contributed by atoms with Gasteiger partial charge in [0, 0.05) is 18.9 Å². The molecule has 0 radical (unpaired) electrons. The van der Waals surface area contributed by atoms with E-state index in [9.17, 15) is 4.79 Å². The van der Waals surface area contributed by atoms with Crippen LogP contribution in [-0.2, 0) is 17.8 Å². The Hall–Kier alpha value is -1.16. The van der Waals surface area contributed by atoms with Crippen molar-refractivity contribution in [1.29, 1.82) is 0 Å². The molecule has 0 saturated carbocycles. The first kappa shape index (κ1) is 15.2. The van der Waals surface area contributed by atoms with E-state index in [2.05, 4.69) is 35.2 Å². The fraction of sp³-hybridized carbons (Fsp3) is 0.750. The van der Waals surface area contributed by atoms with E-state index in [1.165, 1.54) is 12.8 Å². The summed E-state index contributed by atoms with van der Waals surface area (Å²) in [6.45, 7) is 9.38. The van der Waals surface area contributed by atoms with Gasteiger partial charge in [-0.05, 0) is 45.7 Å². The molecule has 1 saturated heterocycles. The van der Waals surface area contributed by atoms with Gasteiger partial charge in [-0.2, -0.15) is 0 Å². The summed E-state index contributed by atoms with van der Waals surface area (Å²) in [6, 6.07) is 0. The molecule has 0 amide bonds. The van der Waals surface area contributed by atoms with Gasteiger partial charge in [0.05, 0.1) is 12.0 Å². The number of ketones is 1. The van der Waals surface area contributed by atoms with Crippen LogP contribution in [0.3, 0.4) is 0 Å². The molecule has 1 aromatic rings. The van der Waals surface area contributed by atoms with Gasteiger partial charge in [-0.15, -0.1) is 0 Å². The summed E-state index contributed by atoms with van der Waals surface area (Å²) in [6.07, 6.45) is 8.44. The van der Waals surface area contributed by atoms with Gasteiger partial charge < -0.3 is 4.57 Å². The summed E-state index contributed by atoms with van der Waals surface area (Å²) >= 11 is 0. The second-order valence-corrected chi connectivity index (χ2v) is 5.66. The van der Waals surface area contributed by atoms with Crippen molar-refractivity contribution >= 4 is 5.78 Å². The molecule has 0 unspecified atom stereocenters. The van der Waals surface area contributed by atoms with Gasteiger partial charge in [-0.25, -0.2) is 4.98 Å². The van der Waals surface area contributed by atoms with Crippen molar-refractivity contribution < 1.29 is 4.79 Å². The molecule has 0 atom stereocenters. The van der Waals surface area contributed by atoms with E-state index < -0.39 is 0 Å². The number of aryl methyl sites for hydroxylation is 1. The maximum atomic E-state index is 13.0. The Balaban J connectivity index is 2.18. The second-order valence-electron chi connectivity index (χ2n) is 5.66. The van der Waals surface area contributed by atoms with Crippen LogP contribution in [0.5, 0.6) is 0 Å². The highest BCUT2D eigenvalue weighted by Crippen LogP contribution is 2.30. The van der Waals surface area contributed by atoms with Gasteiger partial charge in [0.1, 0.15) is 5.82 Å². The third kappa shape index (κ3) is 2.66. The molecule has 112 valence electrons. The van der Waals surface area contributed by atoms with Crippen LogP contribution in [0.25, 0.3) is 0 Å². The number of aromatic nitrogens is 2. The fourth-order valence-corrected chi connectivity index (χ4v) is 3.52. The van der Waals surface area contributed by atoms with E-state index in [-0.39, 0.29) is 5.54 Å². The first-order valence-corrected chi connectivity index (χ1v) is 7.96. The first-order valence-electron chi connectivity index (χ1n) is 7.96. The minimum atomic E-state index is -0.277. The lowest BCUT2D eigenvalue weighted by Gasteiger charge is -2.39. The highest BCUT2D eigenvalue weighted by atomic mass is 16.1. The van der Waals surface area contributed by atoms with Crippen molar-refractivity contribution in [2.45, 2.75) is 65.0 Å². The van der Waals surface area contributed by atoms with Crippen molar-refractivity contribution in [2.75, 3.05) is 13.1 Å². The Bertz CT molecular complexity index is 442. The molecule has 1 aromatic heterocycles. The Kier molecular flexibility index (Phi) is 4.97. The zero-order chi connectivity index (χ0) is 14.6. The average Bonchev–Trinajstić information content (AvgIpc) is 3.12. The van der Waals surface area contributed by atoms with Crippen LogP contribution in [0, 0.1) is 0 Å². The lowest BCUT2D eigenvalue weighted by molar-refractivity contribution is -0.130. The molecule has 20 heavy (non-hydrogen) atoms. The molecule has 1 fully saturated rings. The summed E-state index contributed by atoms with van der Waals surface area (Å²) in [4.78, 5) is 19.7. The molecular weight excluding hydrogens is 250 g/mol. The number of imidazole rings is 1. The number of likely N-dealkylation sites (tertiary alicyclic amines) is 1. The summed E-state index contributed by atoms with van der Waals surface area (Å²) in [5, 5.41) is 0. The first-order chi connectivity index (χ1) is 9.67. The molecule has 0 spiro atoms. The van der Waals surface area contributed by atoms with E-state index in [1.54, 1.807) is 6.20 Å². The number of carbonyl (C=O) groups excluding carboxylic acids is 1. The standard InChI is InChI=1S/C16H27N3O/c1-4-16(5-2,19-10-7-8-11-19)14(20)13-15-17-9-12-18(15)6-3/h9,12H,4-8,10-11,13H2,1-3H3. The van der Waals surface area contributed by atoms with Crippen LogP contribution in [0.15, 0.2) is 12.4 Å². The second kappa shape index (κ2) is 6.53. The molecule has 0 bridgehead atoms. The van der Waals surface area contributed by atoms with E-state index in [1.807, 2.05) is 6.20 Å². The zero-order valence-electron chi connectivity index (χ0n) is 13.1. The van der Waals surface area contributed by atoms with Crippen molar-refractivity contribution in [1.82, 2.24) is 14.5 Å². The third-order valence-corrected chi connectivity index (χ3v) is 4.86. The normalized spacial score (nSPS) is 16.8. The van der Waals surface area contributed by atoms with Crippen molar-refractivity contribution in [3.63, 3.8) is 0 Å². The third-order valence-electron chi connectivity index (χ3n) is 4.86. The lowest BCUT2D eigenvalue weighted by Crippen LogP contribution is -2.53. The highest BCUT2D eigenvalue weighted by molar-refractivity contribution is 5.89. The molecular formula is C16H27N3O. The van der Waals surface area contributed by atoms with E-state index in [4.69, 9.17) is 0 Å². The number of hydrogen-bond donors (Lipinski definition) is 0. The topological polar surface area (TPSA) is 38.1 Å². The minimum absolute atomic E-state index is 0.277. The van der Waals surface area contributed by atoms with Gasteiger partial charge in [0.2, 0.25) is 0 Å². The summed E-state index contributed by atoms with van der Waals surface area (Å²) < 4.78 is 2.07. The molecule has 4 heteroatoms. The van der Waals surface area contributed by atoms with E-state index in [0.717, 1.165) is 38.3 Å². The summed E-state index contributed by atoms with van der Waals surface area (Å²) in [5.41, 5.74) is -0.277. The maximum absolute atomic E-state index is 13.0. The number of rotatable bonds is 7. The lowest BCUT2D eigenvalue weighted by atomic mass is 9.84. The molecule has 0 aromatic carbocycles. The molecule has 1 aliphatic rings. The molecule has 2 heterocycles. The smallest absolute Gasteiger partial charge is 0.160 e.